The molecule has 0 aliphatic carbocycles. The number of hydrogen-bond acceptors (Lipinski definition) is 8. The summed E-state index contributed by atoms with van der Waals surface area (Å²) in [5.74, 6) is -2.10. The average Bonchev–Trinajstić information content (AvgIpc) is 2.87. The van der Waals surface area contributed by atoms with Crippen LogP contribution in [0.3, 0.4) is 0 Å². The lowest BCUT2D eigenvalue weighted by Gasteiger charge is -2.41. The maximum atomic E-state index is 14.1. The van der Waals surface area contributed by atoms with E-state index in [2.05, 4.69) is 5.32 Å². The number of Topliss-reactive ketones (excluding diaryl/α,β-unsaturated/α-hetero) is 1. The molecule has 0 spiro atoms. The Bertz CT molecular complexity index is 1390. The van der Waals surface area contributed by atoms with Gasteiger partial charge >= 0.3 is 12.1 Å². The number of nitrogens with one attached hydrogen (secondary N) is 1. The van der Waals surface area contributed by atoms with Crippen molar-refractivity contribution in [2.75, 3.05) is 18.0 Å². The van der Waals surface area contributed by atoms with Crippen LogP contribution in [0.15, 0.2) is 47.4 Å². The third-order valence-corrected chi connectivity index (χ3v) is 8.11. The number of methoxy groups -OCH3 is 1. The molecule has 11 heteroatoms. The van der Waals surface area contributed by atoms with Crippen molar-refractivity contribution in [3.63, 3.8) is 0 Å². The zero-order valence-electron chi connectivity index (χ0n) is 22.7. The number of ether oxygens (including phenoxy) is 2. The second-order valence-electron chi connectivity index (χ2n) is 10.3. The standard InChI is InChI=1S/C28H33N3O7S/c1-18-8-11-20(12-9-18)39(35,36)31-23(7-6-16-30-27(34)38-28(2,3)4)21(14-15-29)25(32)22-17-19(26(33)37-5)10-13-24(22)31/h8-13,17,21,23H,6-7,14,16H2,1-5H3,(H,30,34)/t21-,23-/m0/s1. The van der Waals surface area contributed by atoms with E-state index in [0.29, 0.717) is 6.42 Å². The van der Waals surface area contributed by atoms with Crippen molar-refractivity contribution in [2.24, 2.45) is 5.92 Å². The van der Waals surface area contributed by atoms with Gasteiger partial charge in [0.05, 0.1) is 41.3 Å². The lowest BCUT2D eigenvalue weighted by molar-refractivity contribution is 0.0524. The van der Waals surface area contributed by atoms with Crippen LogP contribution in [0.5, 0.6) is 0 Å². The van der Waals surface area contributed by atoms with Gasteiger partial charge in [0.25, 0.3) is 10.0 Å². The molecule has 3 rings (SSSR count). The summed E-state index contributed by atoms with van der Waals surface area (Å²) in [6, 6.07) is 11.6. The zero-order chi connectivity index (χ0) is 29.0. The first-order valence-corrected chi connectivity index (χ1v) is 14.0. The third-order valence-electron chi connectivity index (χ3n) is 6.26. The van der Waals surface area contributed by atoms with Crippen LogP contribution in [-0.2, 0) is 19.5 Å². The highest BCUT2D eigenvalue weighted by Crippen LogP contribution is 2.41. The smallest absolute Gasteiger partial charge is 0.407 e. The van der Waals surface area contributed by atoms with Gasteiger partial charge in [0.1, 0.15) is 5.60 Å². The fourth-order valence-corrected chi connectivity index (χ4v) is 6.21. The maximum absolute atomic E-state index is 14.1. The Labute approximate surface area is 228 Å². The monoisotopic (exact) mass is 555 g/mol. The number of alkyl carbamates (subject to hydrolysis) is 1. The fraction of sp³-hybridized carbons (Fsp3) is 0.429. The van der Waals surface area contributed by atoms with Gasteiger partial charge in [-0.05, 0) is 70.9 Å². The molecule has 0 saturated heterocycles. The average molecular weight is 556 g/mol. The number of rotatable bonds is 8. The second kappa shape index (κ2) is 11.9. The molecule has 1 aliphatic heterocycles. The van der Waals surface area contributed by atoms with Crippen molar-refractivity contribution in [1.29, 1.82) is 5.26 Å². The number of aryl methyl sites for hydroxylation is 1. The molecule has 1 amide bonds. The highest BCUT2D eigenvalue weighted by atomic mass is 32.2. The number of carbonyl (C=O) groups excluding carboxylic acids is 3. The molecule has 1 N–H and O–H groups in total. The molecular weight excluding hydrogens is 522 g/mol. The van der Waals surface area contributed by atoms with E-state index in [4.69, 9.17) is 9.47 Å². The number of ketones is 1. The van der Waals surface area contributed by atoms with Crippen molar-refractivity contribution in [3.8, 4) is 6.07 Å². The Morgan fingerprint density at radius 3 is 2.38 bits per heavy atom. The van der Waals surface area contributed by atoms with E-state index in [1.165, 1.54) is 41.7 Å². The molecule has 2 aromatic rings. The van der Waals surface area contributed by atoms with E-state index in [1.807, 2.05) is 13.0 Å². The van der Waals surface area contributed by atoms with Crippen LogP contribution in [0.1, 0.15) is 66.3 Å². The molecule has 1 aliphatic rings. The molecule has 0 unspecified atom stereocenters. The highest BCUT2D eigenvalue weighted by Gasteiger charge is 2.45. The molecule has 0 aromatic heterocycles. The summed E-state index contributed by atoms with van der Waals surface area (Å²) in [6.07, 6.45) is -0.350. The normalized spacial score (nSPS) is 17.1. The number of nitrogens with zero attached hydrogens (tertiary/aromatic N) is 2. The first-order valence-electron chi connectivity index (χ1n) is 12.5. The van der Waals surface area contributed by atoms with Gasteiger partial charge in [0.15, 0.2) is 5.78 Å². The fourth-order valence-electron chi connectivity index (χ4n) is 4.48. The van der Waals surface area contributed by atoms with Crippen LogP contribution in [0.4, 0.5) is 10.5 Å². The minimum atomic E-state index is -4.19. The van der Waals surface area contributed by atoms with Crippen LogP contribution in [0.2, 0.25) is 0 Å². The van der Waals surface area contributed by atoms with Gasteiger partial charge in [0, 0.05) is 18.5 Å². The molecule has 39 heavy (non-hydrogen) atoms. The Balaban J connectivity index is 2.05. The zero-order valence-corrected chi connectivity index (χ0v) is 23.5. The topological polar surface area (TPSA) is 143 Å². The van der Waals surface area contributed by atoms with Crippen LogP contribution in [0.25, 0.3) is 0 Å². The summed E-state index contributed by atoms with van der Waals surface area (Å²) >= 11 is 0. The van der Waals surface area contributed by atoms with Gasteiger partial charge in [-0.25, -0.2) is 18.0 Å². The number of fused-ring (bicyclic) bond motifs is 1. The van der Waals surface area contributed by atoms with E-state index in [-0.39, 0.29) is 41.1 Å². The number of anilines is 1. The van der Waals surface area contributed by atoms with E-state index in [9.17, 15) is 28.1 Å². The predicted octanol–water partition coefficient (Wildman–Crippen LogP) is 4.38. The summed E-state index contributed by atoms with van der Waals surface area (Å²) in [5, 5.41) is 12.2. The van der Waals surface area contributed by atoms with Crippen LogP contribution < -0.4 is 9.62 Å². The first kappa shape index (κ1) is 29.6. The van der Waals surface area contributed by atoms with Crippen molar-refractivity contribution in [1.82, 2.24) is 5.32 Å². The molecule has 2 aromatic carbocycles. The summed E-state index contributed by atoms with van der Waals surface area (Å²) in [4.78, 5) is 37.9. The first-order chi connectivity index (χ1) is 18.3. The van der Waals surface area contributed by atoms with Crippen molar-refractivity contribution < 1.29 is 32.3 Å². The van der Waals surface area contributed by atoms with Gasteiger partial charge in [0.2, 0.25) is 0 Å². The lowest BCUT2D eigenvalue weighted by atomic mass is 9.81. The van der Waals surface area contributed by atoms with E-state index >= 15 is 0 Å². The summed E-state index contributed by atoms with van der Waals surface area (Å²) in [5.41, 5.74) is 0.430. The highest BCUT2D eigenvalue weighted by molar-refractivity contribution is 7.92. The van der Waals surface area contributed by atoms with Gasteiger partial charge < -0.3 is 14.8 Å². The lowest BCUT2D eigenvalue weighted by Crippen LogP contribution is -2.51. The SMILES string of the molecule is COC(=O)c1ccc2c(c1)C(=O)[C@@H](CC#N)[C@H](CCCNC(=O)OC(C)(C)C)N2S(=O)(=O)c1ccc(C)cc1. The number of sulfonamides is 1. The minimum Gasteiger partial charge on any atom is -0.465 e. The van der Waals surface area contributed by atoms with Crippen molar-refractivity contribution in [3.05, 3.63) is 59.2 Å². The van der Waals surface area contributed by atoms with E-state index in [1.54, 1.807) is 32.9 Å². The Kier molecular flexibility index (Phi) is 9.02. The molecule has 0 fully saturated rings. The molecule has 0 radical (unpaired) electrons. The summed E-state index contributed by atoms with van der Waals surface area (Å²) in [6.45, 7) is 7.23. The van der Waals surface area contributed by atoms with Crippen LogP contribution in [-0.4, -0.2) is 51.6 Å². The molecule has 10 nitrogen and oxygen atoms in total. The quantitative estimate of drug-likeness (QED) is 0.374. The van der Waals surface area contributed by atoms with Gasteiger partial charge in [-0.3, -0.25) is 9.10 Å². The van der Waals surface area contributed by atoms with Gasteiger partial charge in [-0.15, -0.1) is 0 Å². The summed E-state index contributed by atoms with van der Waals surface area (Å²) in [7, 11) is -2.98. The molecule has 0 saturated carbocycles. The minimum absolute atomic E-state index is 0.0250. The third kappa shape index (κ3) is 6.75. The number of amides is 1. The Morgan fingerprint density at radius 1 is 1.13 bits per heavy atom. The molecule has 208 valence electrons. The Morgan fingerprint density at radius 2 is 1.79 bits per heavy atom. The predicted molar refractivity (Wildman–Crippen MR) is 144 cm³/mol. The summed E-state index contributed by atoms with van der Waals surface area (Å²) < 4.78 is 39.3. The molecular formula is C28H33N3O7S. The number of benzene rings is 2. The van der Waals surface area contributed by atoms with Crippen molar-refractivity contribution in [2.45, 2.75) is 63.5 Å². The number of hydrogen-bond donors (Lipinski definition) is 1. The second-order valence-corrected chi connectivity index (χ2v) is 12.1. The molecule has 0 bridgehead atoms. The number of esters is 1. The van der Waals surface area contributed by atoms with Crippen LogP contribution >= 0.6 is 0 Å². The van der Waals surface area contributed by atoms with E-state index in [0.717, 1.165) is 5.56 Å². The van der Waals surface area contributed by atoms with Gasteiger partial charge in [-0.1, -0.05) is 17.7 Å². The molecule has 2 atom stereocenters. The Hall–Kier alpha value is -3.91. The molecule has 1 heterocycles. The van der Waals surface area contributed by atoms with Crippen molar-refractivity contribution >= 4 is 33.6 Å². The number of carbonyl (C=O) groups is 3. The van der Waals surface area contributed by atoms with Crippen LogP contribution in [0, 0.1) is 24.2 Å². The van der Waals surface area contributed by atoms with Gasteiger partial charge in [-0.2, -0.15) is 5.26 Å². The van der Waals surface area contributed by atoms with E-state index < -0.39 is 45.4 Å². The largest absolute Gasteiger partial charge is 0.465 e. The maximum Gasteiger partial charge on any atom is 0.407 e. The number of nitriles is 1.